The number of aliphatic imine (C=N–C) groups is 2. The summed E-state index contributed by atoms with van der Waals surface area (Å²) in [5, 5.41) is 3.41. The summed E-state index contributed by atoms with van der Waals surface area (Å²) < 4.78 is 28.9. The standard InChI is InChI=1S/C45H45N5O7/c1-27(2)48-32-11-7-28(8-12-32)30-17-33-23-46-38-21-42(40(54-4)19-36(38)44(51)49(33)25-30)56-15-6-16-57-43-22-39-37(20-41(43)55-5)45(52)50-26-31(18-34(50)24-47-39)29-9-13-35(53-3)14-10-29/h7-14,19-27,33-34,48H,6,15-18H2,1-5H3/t33?,34-/m0/s1. The van der Waals surface area contributed by atoms with Crippen LogP contribution in [0.4, 0.5) is 17.1 Å². The Hall–Kier alpha value is -6.56. The van der Waals surface area contributed by atoms with Crippen molar-refractivity contribution in [3.05, 3.63) is 107 Å². The molecule has 0 aromatic heterocycles. The van der Waals surface area contributed by atoms with Gasteiger partial charge in [0.05, 0.1) is 69.1 Å². The van der Waals surface area contributed by atoms with E-state index in [1.54, 1.807) is 55.4 Å². The molecule has 8 rings (SSSR count). The zero-order chi connectivity index (χ0) is 39.6. The summed E-state index contributed by atoms with van der Waals surface area (Å²) in [6.07, 6.45) is 9.32. The smallest absolute Gasteiger partial charge is 0.260 e. The number of ether oxygens (including phenoxy) is 5. The molecule has 4 heterocycles. The van der Waals surface area contributed by atoms with Crippen LogP contribution in [0, 0.1) is 0 Å². The molecule has 0 bridgehead atoms. The van der Waals surface area contributed by atoms with Crippen molar-refractivity contribution in [2.75, 3.05) is 39.9 Å². The third-order valence-electron chi connectivity index (χ3n) is 10.4. The van der Waals surface area contributed by atoms with E-state index in [1.807, 2.05) is 49.1 Å². The molecule has 57 heavy (non-hydrogen) atoms. The molecule has 0 fully saturated rings. The lowest BCUT2D eigenvalue weighted by Crippen LogP contribution is -2.32. The molecule has 4 aromatic carbocycles. The molecule has 4 aliphatic heterocycles. The molecule has 2 atom stereocenters. The first-order chi connectivity index (χ1) is 27.7. The summed E-state index contributed by atoms with van der Waals surface area (Å²) in [7, 11) is 4.73. The maximum absolute atomic E-state index is 13.8. The zero-order valence-corrected chi connectivity index (χ0v) is 32.7. The second-order valence-corrected chi connectivity index (χ2v) is 14.5. The molecule has 0 radical (unpaired) electrons. The van der Waals surface area contributed by atoms with Crippen LogP contribution in [-0.2, 0) is 0 Å². The van der Waals surface area contributed by atoms with Gasteiger partial charge >= 0.3 is 0 Å². The second-order valence-electron chi connectivity index (χ2n) is 14.5. The zero-order valence-electron chi connectivity index (χ0n) is 32.7. The predicted molar refractivity (Wildman–Crippen MR) is 221 cm³/mol. The molecule has 12 heteroatoms. The molecule has 2 amide bonds. The Labute approximate surface area is 332 Å². The Morgan fingerprint density at radius 1 is 0.649 bits per heavy atom. The third-order valence-corrected chi connectivity index (χ3v) is 10.4. The number of rotatable bonds is 13. The number of carbonyl (C=O) groups excluding carboxylic acids is 2. The van der Waals surface area contributed by atoms with Crippen LogP contribution in [0.15, 0.2) is 95.2 Å². The van der Waals surface area contributed by atoms with E-state index in [-0.39, 0.29) is 23.9 Å². The lowest BCUT2D eigenvalue weighted by atomic mass is 10.0. The monoisotopic (exact) mass is 767 g/mol. The molecule has 1 N–H and O–H groups in total. The highest BCUT2D eigenvalue weighted by molar-refractivity contribution is 6.06. The molecule has 12 nitrogen and oxygen atoms in total. The Balaban J connectivity index is 0.898. The largest absolute Gasteiger partial charge is 0.497 e. The number of carbonyl (C=O) groups is 2. The van der Waals surface area contributed by atoms with E-state index in [2.05, 4.69) is 43.4 Å². The maximum atomic E-state index is 13.8. The van der Waals surface area contributed by atoms with Crippen LogP contribution in [0.2, 0.25) is 0 Å². The summed E-state index contributed by atoms with van der Waals surface area (Å²) in [6, 6.07) is 22.9. The number of nitrogens with zero attached hydrogens (tertiary/aromatic N) is 4. The lowest BCUT2D eigenvalue weighted by molar-refractivity contribution is 0.0809. The van der Waals surface area contributed by atoms with E-state index >= 15 is 0 Å². The van der Waals surface area contributed by atoms with Gasteiger partial charge in [0.1, 0.15) is 5.75 Å². The molecule has 4 aromatic rings. The van der Waals surface area contributed by atoms with Crippen molar-refractivity contribution in [3.63, 3.8) is 0 Å². The lowest BCUT2D eigenvalue weighted by Gasteiger charge is -2.19. The number of anilines is 1. The van der Waals surface area contributed by atoms with Crippen LogP contribution in [0.1, 0.15) is 65.0 Å². The minimum atomic E-state index is -0.203. The van der Waals surface area contributed by atoms with E-state index < -0.39 is 0 Å². The number of amides is 2. The highest BCUT2D eigenvalue weighted by Gasteiger charge is 2.35. The fourth-order valence-corrected chi connectivity index (χ4v) is 7.48. The summed E-state index contributed by atoms with van der Waals surface area (Å²) in [4.78, 5) is 40.5. The fraction of sp³-hybridized carbons (Fsp3) is 0.289. The molecular weight excluding hydrogens is 723 g/mol. The second kappa shape index (κ2) is 15.9. The average molecular weight is 768 g/mol. The van der Waals surface area contributed by atoms with Crippen LogP contribution in [0.5, 0.6) is 28.7 Å². The van der Waals surface area contributed by atoms with Gasteiger partial charge in [-0.05, 0) is 72.5 Å². The summed E-state index contributed by atoms with van der Waals surface area (Å²) in [6.45, 7) is 4.83. The van der Waals surface area contributed by atoms with Gasteiger partial charge in [-0.1, -0.05) is 24.3 Å². The first-order valence-corrected chi connectivity index (χ1v) is 19.1. The van der Waals surface area contributed by atoms with Crippen molar-refractivity contribution < 1.29 is 33.3 Å². The van der Waals surface area contributed by atoms with Crippen molar-refractivity contribution in [1.82, 2.24) is 9.80 Å². The Kier molecular flexibility index (Phi) is 10.4. The number of hydrogen-bond acceptors (Lipinski definition) is 10. The van der Waals surface area contributed by atoms with Gasteiger partial charge in [-0.15, -0.1) is 0 Å². The van der Waals surface area contributed by atoms with Crippen molar-refractivity contribution in [1.29, 1.82) is 0 Å². The van der Waals surface area contributed by atoms with Crippen LogP contribution >= 0.6 is 0 Å². The number of nitrogens with one attached hydrogen (secondary N) is 1. The first kappa shape index (κ1) is 37.4. The number of hydrogen-bond donors (Lipinski definition) is 1. The van der Waals surface area contributed by atoms with Crippen molar-refractivity contribution in [3.8, 4) is 28.7 Å². The fourth-order valence-electron chi connectivity index (χ4n) is 7.48. The summed E-state index contributed by atoms with van der Waals surface area (Å²) in [5.74, 6) is 2.31. The van der Waals surface area contributed by atoms with Crippen LogP contribution < -0.4 is 29.0 Å². The van der Waals surface area contributed by atoms with Crippen molar-refractivity contribution >= 4 is 52.5 Å². The molecule has 1 unspecified atom stereocenters. The molecule has 0 saturated carbocycles. The SMILES string of the molecule is COc1ccc(C2=CN3C(=O)c4cc(OC)c(OCCCOc5cc6c(cc5OC)C(=O)N5C=C(c7ccc(NC(C)C)cc7)CC5C=N6)cc4N=C[C@@H]3C2)cc1. The van der Waals surface area contributed by atoms with Gasteiger partial charge in [-0.3, -0.25) is 19.6 Å². The van der Waals surface area contributed by atoms with Crippen LogP contribution in [0.3, 0.4) is 0 Å². The summed E-state index contributed by atoms with van der Waals surface area (Å²) >= 11 is 0. The van der Waals surface area contributed by atoms with Gasteiger partial charge in [-0.25, -0.2) is 0 Å². The third kappa shape index (κ3) is 7.54. The van der Waals surface area contributed by atoms with Gasteiger partial charge in [0.15, 0.2) is 23.0 Å². The minimum absolute atomic E-state index is 0.144. The molecule has 0 spiro atoms. The number of fused-ring (bicyclic) bond motifs is 4. The highest BCUT2D eigenvalue weighted by atomic mass is 16.5. The van der Waals surface area contributed by atoms with Gasteiger partial charge in [0.2, 0.25) is 0 Å². The predicted octanol–water partition coefficient (Wildman–Crippen LogP) is 8.32. The molecule has 0 aliphatic carbocycles. The quantitative estimate of drug-likeness (QED) is 0.135. The minimum Gasteiger partial charge on any atom is -0.497 e. The van der Waals surface area contributed by atoms with Gasteiger partial charge in [-0.2, -0.15) is 0 Å². The Morgan fingerprint density at radius 2 is 1.12 bits per heavy atom. The van der Waals surface area contributed by atoms with Crippen LogP contribution in [0.25, 0.3) is 11.1 Å². The van der Waals surface area contributed by atoms with Gasteiger partial charge in [0.25, 0.3) is 11.8 Å². The van der Waals surface area contributed by atoms with Crippen molar-refractivity contribution in [2.24, 2.45) is 9.98 Å². The first-order valence-electron chi connectivity index (χ1n) is 19.1. The van der Waals surface area contributed by atoms with E-state index in [0.717, 1.165) is 33.7 Å². The Morgan fingerprint density at radius 3 is 1.56 bits per heavy atom. The highest BCUT2D eigenvalue weighted by Crippen LogP contribution is 2.42. The Bertz CT molecular complexity index is 2310. The van der Waals surface area contributed by atoms with Gasteiger partial charge in [0, 0.05) is 68.0 Å². The topological polar surface area (TPSA) is 124 Å². The van der Waals surface area contributed by atoms with E-state index in [0.29, 0.717) is 84.0 Å². The van der Waals surface area contributed by atoms with Gasteiger partial charge < -0.3 is 38.8 Å². The number of methoxy groups -OCH3 is 3. The molecular formula is C45H45N5O7. The molecule has 0 saturated heterocycles. The number of benzene rings is 4. The van der Waals surface area contributed by atoms with Crippen LogP contribution in [-0.4, -0.2) is 86.7 Å². The normalized spacial score (nSPS) is 17.9. The molecule has 4 aliphatic rings. The maximum Gasteiger partial charge on any atom is 0.260 e. The van der Waals surface area contributed by atoms with E-state index in [4.69, 9.17) is 33.7 Å². The van der Waals surface area contributed by atoms with Crippen molar-refractivity contribution in [2.45, 2.75) is 51.2 Å². The molecule has 292 valence electrons. The van der Waals surface area contributed by atoms with E-state index in [1.165, 1.54) is 0 Å². The summed E-state index contributed by atoms with van der Waals surface area (Å²) in [5.41, 5.74) is 7.22. The average Bonchev–Trinajstić information content (AvgIpc) is 3.80. The van der Waals surface area contributed by atoms with E-state index in [9.17, 15) is 9.59 Å².